The van der Waals surface area contributed by atoms with Gasteiger partial charge in [-0.3, -0.25) is 0 Å². The van der Waals surface area contributed by atoms with Crippen molar-refractivity contribution in [2.24, 2.45) is 0 Å². The Hall–Kier alpha value is 0.202. The molecule has 0 bridgehead atoms. The molecule has 0 aliphatic carbocycles. The van der Waals surface area contributed by atoms with Crippen molar-refractivity contribution in [2.75, 3.05) is 6.61 Å². The maximum atomic E-state index is 8.75. The first-order valence-electron chi connectivity index (χ1n) is 3.50. The molecule has 0 aromatic heterocycles. The Morgan fingerprint density at radius 3 is 2.67 bits per heavy atom. The van der Waals surface area contributed by atoms with Crippen LogP contribution in [-0.4, -0.2) is 41.9 Å². The van der Waals surface area contributed by atoms with Gasteiger partial charge in [-0.05, 0) is 12.0 Å². The van der Waals surface area contributed by atoms with Gasteiger partial charge >= 0.3 is 0 Å². The molecule has 4 heteroatoms. The Morgan fingerprint density at radius 1 is 1.78 bits per heavy atom. The predicted octanol–water partition coefficient (Wildman–Crippen LogP) is -2.12. The molecule has 1 N–H and O–H groups in total. The average molecular weight is 144 g/mol. The fourth-order valence-corrected chi connectivity index (χ4v) is 2.42. The van der Waals surface area contributed by atoms with Gasteiger partial charge in [0, 0.05) is 16.2 Å². The highest BCUT2D eigenvalue weighted by Gasteiger charge is 2.27. The minimum absolute atomic E-state index is 0.159. The lowest BCUT2D eigenvalue weighted by molar-refractivity contribution is 0.0435. The Kier molecular flexibility index (Phi) is 2.32. The lowest BCUT2D eigenvalue weighted by Crippen LogP contribution is -2.17. The summed E-state index contributed by atoms with van der Waals surface area (Å²) in [5, 5.41) is 8.75. The SMILES string of the molecule is B[C@H]1C[C@@H]([SiH3])[C@@H](CO)O1. The van der Waals surface area contributed by atoms with Crippen molar-refractivity contribution in [3.63, 3.8) is 0 Å². The minimum atomic E-state index is 0.159. The van der Waals surface area contributed by atoms with E-state index in [1.54, 1.807) is 0 Å². The maximum Gasteiger partial charge on any atom is 0.139 e. The fourth-order valence-electron chi connectivity index (χ4n) is 1.39. The molecular weight excluding hydrogens is 131 g/mol. The van der Waals surface area contributed by atoms with E-state index in [1.807, 2.05) is 0 Å². The number of aliphatic hydroxyl groups excluding tert-OH is 1. The van der Waals surface area contributed by atoms with Crippen LogP contribution in [0, 0.1) is 0 Å². The topological polar surface area (TPSA) is 29.5 Å². The first-order valence-corrected chi connectivity index (χ1v) is 4.66. The van der Waals surface area contributed by atoms with E-state index in [9.17, 15) is 0 Å². The summed E-state index contributed by atoms with van der Waals surface area (Å²) in [6, 6.07) is 0.379. The van der Waals surface area contributed by atoms with E-state index in [0.717, 1.165) is 16.7 Å². The molecule has 0 aromatic carbocycles. The van der Waals surface area contributed by atoms with Crippen molar-refractivity contribution < 1.29 is 9.84 Å². The molecule has 1 aliphatic rings. The largest absolute Gasteiger partial charge is 0.394 e. The van der Waals surface area contributed by atoms with Gasteiger partial charge in [-0.1, -0.05) is 0 Å². The Balaban J connectivity index is 2.38. The Bertz CT molecular complexity index is 101. The second kappa shape index (κ2) is 2.86. The van der Waals surface area contributed by atoms with Gasteiger partial charge < -0.3 is 9.84 Å². The average Bonchev–Trinajstić information content (AvgIpc) is 2.10. The molecule has 1 heterocycles. The molecular formula is C5H13BO2Si. The van der Waals surface area contributed by atoms with Crippen LogP contribution in [0.2, 0.25) is 5.54 Å². The zero-order valence-electron chi connectivity index (χ0n) is 6.00. The van der Waals surface area contributed by atoms with E-state index in [1.165, 1.54) is 0 Å². The van der Waals surface area contributed by atoms with Gasteiger partial charge in [-0.2, -0.15) is 0 Å². The smallest absolute Gasteiger partial charge is 0.139 e. The summed E-state index contributed by atoms with van der Waals surface area (Å²) in [5.41, 5.74) is 0.671. The van der Waals surface area contributed by atoms with E-state index in [-0.39, 0.29) is 12.7 Å². The van der Waals surface area contributed by atoms with E-state index < -0.39 is 0 Å². The molecule has 9 heavy (non-hydrogen) atoms. The zero-order valence-corrected chi connectivity index (χ0v) is 8.00. The molecule has 1 fully saturated rings. The molecule has 0 spiro atoms. The third-order valence-electron chi connectivity index (χ3n) is 1.93. The number of aliphatic hydroxyl groups is 1. The highest BCUT2D eigenvalue weighted by Crippen LogP contribution is 2.26. The summed E-state index contributed by atoms with van der Waals surface area (Å²) in [4.78, 5) is 0. The molecule has 0 unspecified atom stereocenters. The fraction of sp³-hybridized carbons (Fsp3) is 1.00. The van der Waals surface area contributed by atoms with Crippen molar-refractivity contribution in [3.8, 4) is 0 Å². The van der Waals surface area contributed by atoms with Crippen LogP contribution in [0.15, 0.2) is 0 Å². The predicted molar refractivity (Wildman–Crippen MR) is 42.6 cm³/mol. The van der Waals surface area contributed by atoms with Crippen molar-refractivity contribution >= 4 is 18.1 Å². The normalized spacial score (nSPS) is 43.9. The lowest BCUT2D eigenvalue weighted by Gasteiger charge is -2.09. The first-order chi connectivity index (χ1) is 4.24. The summed E-state index contributed by atoms with van der Waals surface area (Å²) in [6.45, 7) is 0.207. The van der Waals surface area contributed by atoms with Crippen molar-refractivity contribution in [2.45, 2.75) is 24.1 Å². The summed E-state index contributed by atoms with van der Waals surface area (Å²) in [7, 11) is 3.22. The quantitative estimate of drug-likeness (QED) is 0.426. The molecule has 0 saturated carbocycles. The zero-order chi connectivity index (χ0) is 6.85. The van der Waals surface area contributed by atoms with E-state index >= 15 is 0 Å². The van der Waals surface area contributed by atoms with Gasteiger partial charge in [0.2, 0.25) is 0 Å². The van der Waals surface area contributed by atoms with Gasteiger partial charge in [0.05, 0.1) is 12.7 Å². The minimum Gasteiger partial charge on any atom is -0.394 e. The highest BCUT2D eigenvalue weighted by atomic mass is 28.1. The monoisotopic (exact) mass is 144 g/mol. The van der Waals surface area contributed by atoms with Crippen LogP contribution in [0.25, 0.3) is 0 Å². The molecule has 3 atom stereocenters. The van der Waals surface area contributed by atoms with Crippen LogP contribution < -0.4 is 0 Å². The second-order valence-electron chi connectivity index (χ2n) is 2.88. The summed E-state index contributed by atoms with van der Waals surface area (Å²) in [6.07, 6.45) is 1.31. The number of hydrogen-bond acceptors (Lipinski definition) is 2. The summed E-state index contributed by atoms with van der Waals surface area (Å²) < 4.78 is 5.41. The molecule has 52 valence electrons. The van der Waals surface area contributed by atoms with Crippen LogP contribution in [0.5, 0.6) is 0 Å². The molecule has 1 saturated heterocycles. The van der Waals surface area contributed by atoms with Crippen molar-refractivity contribution in [1.29, 1.82) is 0 Å². The van der Waals surface area contributed by atoms with Crippen LogP contribution in [-0.2, 0) is 4.74 Å². The molecule has 0 aromatic rings. The third-order valence-corrected chi connectivity index (χ3v) is 3.14. The van der Waals surface area contributed by atoms with Gasteiger partial charge in [-0.15, -0.1) is 0 Å². The van der Waals surface area contributed by atoms with Gasteiger partial charge in [0.25, 0.3) is 0 Å². The van der Waals surface area contributed by atoms with Gasteiger partial charge in [0.1, 0.15) is 7.85 Å². The number of ether oxygens (including phenoxy) is 1. The van der Waals surface area contributed by atoms with E-state index in [4.69, 9.17) is 9.84 Å². The van der Waals surface area contributed by atoms with Crippen LogP contribution in [0.3, 0.4) is 0 Å². The van der Waals surface area contributed by atoms with Crippen LogP contribution in [0.1, 0.15) is 6.42 Å². The molecule has 1 rings (SSSR count). The first kappa shape index (κ1) is 7.31. The molecule has 0 amide bonds. The van der Waals surface area contributed by atoms with Crippen LogP contribution in [0.4, 0.5) is 0 Å². The van der Waals surface area contributed by atoms with E-state index in [0.29, 0.717) is 11.5 Å². The number of rotatable bonds is 1. The van der Waals surface area contributed by atoms with Crippen molar-refractivity contribution in [3.05, 3.63) is 0 Å². The highest BCUT2D eigenvalue weighted by molar-refractivity contribution is 6.15. The summed E-state index contributed by atoms with van der Waals surface area (Å²) >= 11 is 0. The molecule has 2 nitrogen and oxygen atoms in total. The molecule has 1 aliphatic heterocycles. The Morgan fingerprint density at radius 2 is 2.44 bits per heavy atom. The number of hydrogen-bond donors (Lipinski definition) is 1. The third kappa shape index (κ3) is 1.56. The summed E-state index contributed by atoms with van der Waals surface area (Å²) in [5.74, 6) is 0. The molecule has 0 radical (unpaired) electrons. The lowest BCUT2D eigenvalue weighted by atomic mass is 9.97. The van der Waals surface area contributed by atoms with E-state index in [2.05, 4.69) is 7.85 Å². The van der Waals surface area contributed by atoms with Gasteiger partial charge in [0.15, 0.2) is 0 Å². The Labute approximate surface area is 59.4 Å². The van der Waals surface area contributed by atoms with Gasteiger partial charge in [-0.25, -0.2) is 0 Å². The van der Waals surface area contributed by atoms with Crippen molar-refractivity contribution in [1.82, 2.24) is 0 Å². The van der Waals surface area contributed by atoms with Crippen LogP contribution >= 0.6 is 0 Å². The second-order valence-corrected chi connectivity index (χ2v) is 4.36. The maximum absolute atomic E-state index is 8.75. The standard InChI is InChI=1S/C5H13BO2Si/c6-5-1-4(9)3(2-7)8-5/h3-5,7H,1-2,6H2,9H3/t3-,4-,5-/m1/s1.